The highest BCUT2D eigenvalue weighted by Gasteiger charge is 2.29. The second-order valence-corrected chi connectivity index (χ2v) is 12.2. The van der Waals surface area contributed by atoms with E-state index in [9.17, 15) is 16.8 Å². The summed E-state index contributed by atoms with van der Waals surface area (Å²) in [5.74, 6) is 0.581. The number of anilines is 2. The lowest BCUT2D eigenvalue weighted by Crippen LogP contribution is -2.38. The highest BCUT2D eigenvalue weighted by molar-refractivity contribution is 7.92. The Kier molecular flexibility index (Phi) is 6.42. The molecule has 0 bridgehead atoms. The maximum Gasteiger partial charge on any atom is 0.171 e. The van der Waals surface area contributed by atoms with Gasteiger partial charge in [-0.3, -0.25) is 0 Å². The van der Waals surface area contributed by atoms with Crippen molar-refractivity contribution in [3.63, 3.8) is 0 Å². The molecule has 2 atom stereocenters. The van der Waals surface area contributed by atoms with E-state index in [1.165, 1.54) is 0 Å². The molecule has 0 aliphatic carbocycles. The summed E-state index contributed by atoms with van der Waals surface area (Å²) in [4.78, 5) is 0. The molecule has 0 saturated carbocycles. The molecule has 2 aliphatic rings. The molecule has 2 unspecified atom stereocenters. The molecule has 1 aromatic rings. The molecular weight excluding hydrogens is 440 g/mol. The standard InChI is InChI=1S/C16H22N4O4S4/c21-27(22)7-5-13(9-27)19-15(25)17-11-1-2-12(4-3-11)18-16(26)20-14-6-8-28(23,24)10-14/h1-4,13-14H,5-10H2,(H2,17,19,25)(H2,18,20,26). The largest absolute Gasteiger partial charge is 0.359 e. The van der Waals surface area contributed by atoms with Gasteiger partial charge in [-0.05, 0) is 61.5 Å². The molecule has 0 spiro atoms. The summed E-state index contributed by atoms with van der Waals surface area (Å²) in [6.45, 7) is 0. The van der Waals surface area contributed by atoms with Crippen LogP contribution in [0.1, 0.15) is 12.8 Å². The number of rotatable bonds is 4. The van der Waals surface area contributed by atoms with Crippen LogP contribution in [0.15, 0.2) is 24.3 Å². The molecule has 0 amide bonds. The Bertz CT molecular complexity index is 882. The lowest BCUT2D eigenvalue weighted by atomic mass is 10.2. The summed E-state index contributed by atoms with van der Waals surface area (Å²) in [5.41, 5.74) is 1.51. The third-order valence-electron chi connectivity index (χ3n) is 4.54. The number of hydrogen-bond acceptors (Lipinski definition) is 6. The summed E-state index contributed by atoms with van der Waals surface area (Å²) in [7, 11) is -5.91. The zero-order valence-electron chi connectivity index (χ0n) is 15.0. The smallest absolute Gasteiger partial charge is 0.171 e. The number of benzene rings is 1. The lowest BCUT2D eigenvalue weighted by molar-refractivity contribution is 0.598. The van der Waals surface area contributed by atoms with Gasteiger partial charge in [0.2, 0.25) is 0 Å². The minimum absolute atomic E-state index is 0.102. The van der Waals surface area contributed by atoms with E-state index in [2.05, 4.69) is 21.3 Å². The second-order valence-electron chi connectivity index (χ2n) is 6.97. The van der Waals surface area contributed by atoms with Gasteiger partial charge in [0.25, 0.3) is 0 Å². The van der Waals surface area contributed by atoms with Gasteiger partial charge in [0, 0.05) is 23.5 Å². The zero-order valence-corrected chi connectivity index (χ0v) is 18.2. The zero-order chi connectivity index (χ0) is 20.4. The third kappa shape index (κ3) is 6.26. The van der Waals surface area contributed by atoms with Crippen LogP contribution in [0.5, 0.6) is 0 Å². The van der Waals surface area contributed by atoms with Gasteiger partial charge in [-0.25, -0.2) is 16.8 Å². The number of hydrogen-bond donors (Lipinski definition) is 4. The molecule has 12 heteroatoms. The lowest BCUT2D eigenvalue weighted by Gasteiger charge is -2.16. The molecule has 2 aliphatic heterocycles. The van der Waals surface area contributed by atoms with E-state index in [-0.39, 0.29) is 35.1 Å². The molecule has 0 radical (unpaired) electrons. The molecule has 2 saturated heterocycles. The molecule has 3 rings (SSSR count). The van der Waals surface area contributed by atoms with Gasteiger partial charge >= 0.3 is 0 Å². The number of sulfone groups is 2. The van der Waals surface area contributed by atoms with Crippen LogP contribution >= 0.6 is 24.4 Å². The van der Waals surface area contributed by atoms with Crippen molar-refractivity contribution < 1.29 is 16.8 Å². The Morgan fingerprint density at radius 3 is 1.39 bits per heavy atom. The van der Waals surface area contributed by atoms with Crippen molar-refractivity contribution in [2.75, 3.05) is 33.6 Å². The van der Waals surface area contributed by atoms with Crippen LogP contribution in [0, 0.1) is 0 Å². The van der Waals surface area contributed by atoms with Crippen LogP contribution in [0.25, 0.3) is 0 Å². The van der Waals surface area contributed by atoms with Gasteiger partial charge in [0.05, 0.1) is 23.0 Å². The molecule has 2 heterocycles. The van der Waals surface area contributed by atoms with Crippen molar-refractivity contribution >= 4 is 65.7 Å². The molecule has 0 aromatic heterocycles. The second kappa shape index (κ2) is 8.47. The van der Waals surface area contributed by atoms with Crippen LogP contribution in [-0.2, 0) is 19.7 Å². The SMILES string of the molecule is O=S1(=O)CCC(NC(=S)Nc2ccc(NC(=S)NC3CCS(=O)(=O)C3)cc2)C1. The van der Waals surface area contributed by atoms with Crippen molar-refractivity contribution in [3.8, 4) is 0 Å². The predicted octanol–water partition coefficient (Wildman–Crippen LogP) is 0.634. The highest BCUT2D eigenvalue weighted by Crippen LogP contribution is 2.16. The number of thiocarbonyl (C=S) groups is 2. The highest BCUT2D eigenvalue weighted by atomic mass is 32.2. The van der Waals surface area contributed by atoms with E-state index >= 15 is 0 Å². The van der Waals surface area contributed by atoms with Crippen molar-refractivity contribution in [3.05, 3.63) is 24.3 Å². The first kappa shape index (κ1) is 21.2. The Hall–Kier alpha value is -1.50. The predicted molar refractivity (Wildman–Crippen MR) is 119 cm³/mol. The van der Waals surface area contributed by atoms with Crippen LogP contribution in [0.4, 0.5) is 11.4 Å². The van der Waals surface area contributed by atoms with E-state index in [0.717, 1.165) is 11.4 Å². The quantitative estimate of drug-likeness (QED) is 0.475. The van der Waals surface area contributed by atoms with Gasteiger partial charge in [-0.15, -0.1) is 0 Å². The third-order valence-corrected chi connectivity index (χ3v) is 8.51. The Morgan fingerprint density at radius 2 is 1.11 bits per heavy atom. The molecule has 1 aromatic carbocycles. The van der Waals surface area contributed by atoms with E-state index in [0.29, 0.717) is 23.1 Å². The minimum Gasteiger partial charge on any atom is -0.359 e. The molecule has 4 N–H and O–H groups in total. The average molecular weight is 463 g/mol. The van der Waals surface area contributed by atoms with Crippen LogP contribution in [0.2, 0.25) is 0 Å². The first-order chi connectivity index (χ1) is 13.1. The monoisotopic (exact) mass is 462 g/mol. The van der Waals surface area contributed by atoms with Crippen molar-refractivity contribution in [2.24, 2.45) is 0 Å². The first-order valence-electron chi connectivity index (χ1n) is 8.76. The summed E-state index contributed by atoms with van der Waals surface area (Å²) in [6.07, 6.45) is 1.11. The summed E-state index contributed by atoms with van der Waals surface area (Å²) in [5, 5.41) is 12.9. The fraction of sp³-hybridized carbons (Fsp3) is 0.500. The van der Waals surface area contributed by atoms with Crippen LogP contribution in [-0.4, -0.2) is 62.2 Å². The van der Waals surface area contributed by atoms with Crippen LogP contribution < -0.4 is 21.3 Å². The normalized spacial score (nSPS) is 25.0. The van der Waals surface area contributed by atoms with E-state index in [1.807, 2.05) is 24.3 Å². The first-order valence-corrected chi connectivity index (χ1v) is 13.2. The maximum absolute atomic E-state index is 11.5. The topological polar surface area (TPSA) is 116 Å². The van der Waals surface area contributed by atoms with Gasteiger partial charge < -0.3 is 21.3 Å². The molecule has 154 valence electrons. The Morgan fingerprint density at radius 1 is 0.750 bits per heavy atom. The van der Waals surface area contributed by atoms with E-state index in [4.69, 9.17) is 24.4 Å². The minimum atomic E-state index is -2.96. The van der Waals surface area contributed by atoms with Gasteiger partial charge in [-0.2, -0.15) is 0 Å². The summed E-state index contributed by atoms with van der Waals surface area (Å²) in [6, 6.07) is 6.92. The fourth-order valence-electron chi connectivity index (χ4n) is 3.16. The average Bonchev–Trinajstić information content (AvgIpc) is 3.10. The van der Waals surface area contributed by atoms with Gasteiger partial charge in [-0.1, -0.05) is 0 Å². The van der Waals surface area contributed by atoms with Gasteiger partial charge in [0.15, 0.2) is 29.9 Å². The fourth-order valence-corrected chi connectivity index (χ4v) is 7.08. The summed E-state index contributed by atoms with van der Waals surface area (Å²) >= 11 is 10.5. The van der Waals surface area contributed by atoms with Gasteiger partial charge in [0.1, 0.15) is 0 Å². The molecular formula is C16H22N4O4S4. The van der Waals surface area contributed by atoms with Crippen molar-refractivity contribution in [1.82, 2.24) is 10.6 Å². The maximum atomic E-state index is 11.5. The molecule has 28 heavy (non-hydrogen) atoms. The van der Waals surface area contributed by atoms with Crippen molar-refractivity contribution in [2.45, 2.75) is 24.9 Å². The van der Waals surface area contributed by atoms with E-state index < -0.39 is 19.7 Å². The van der Waals surface area contributed by atoms with Crippen molar-refractivity contribution in [1.29, 1.82) is 0 Å². The summed E-state index contributed by atoms with van der Waals surface area (Å²) < 4.78 is 46.0. The Labute approximate surface area is 175 Å². The van der Waals surface area contributed by atoms with E-state index in [1.54, 1.807) is 0 Å². The molecule has 8 nitrogen and oxygen atoms in total. The Balaban J connectivity index is 1.45. The molecule has 2 fully saturated rings. The number of nitrogens with one attached hydrogen (secondary N) is 4. The van der Waals surface area contributed by atoms with Crippen LogP contribution in [0.3, 0.4) is 0 Å².